The van der Waals surface area contributed by atoms with Crippen molar-refractivity contribution in [2.45, 2.75) is 11.9 Å². The molecule has 0 aliphatic heterocycles. The first-order valence-corrected chi connectivity index (χ1v) is 6.16. The van der Waals surface area contributed by atoms with Crippen molar-refractivity contribution in [1.82, 2.24) is 0 Å². The van der Waals surface area contributed by atoms with E-state index in [1.165, 1.54) is 6.07 Å². The molecule has 19 heavy (non-hydrogen) atoms. The highest BCUT2D eigenvalue weighted by Gasteiger charge is 2.33. The summed E-state index contributed by atoms with van der Waals surface area (Å²) in [5.41, 5.74) is -1.33. The smallest absolute Gasteiger partial charge is 0.416 e. The lowest BCUT2D eigenvalue weighted by Gasteiger charge is -2.12. The van der Waals surface area contributed by atoms with E-state index in [0.29, 0.717) is 6.08 Å². The van der Waals surface area contributed by atoms with Crippen molar-refractivity contribution in [3.63, 3.8) is 0 Å². The topological polar surface area (TPSA) is 74.6 Å². The van der Waals surface area contributed by atoms with Crippen molar-refractivity contribution < 1.29 is 31.8 Å². The van der Waals surface area contributed by atoms with Crippen LogP contribution in [0.25, 0.3) is 6.08 Å². The minimum atomic E-state index is -4.68. The molecule has 0 amide bonds. The second-order valence-electron chi connectivity index (χ2n) is 3.55. The lowest BCUT2D eigenvalue weighted by molar-refractivity contribution is -0.138. The zero-order valence-electron chi connectivity index (χ0n) is 9.35. The van der Waals surface area contributed by atoms with Gasteiger partial charge < -0.3 is 9.66 Å². The Balaban J connectivity index is 3.23. The van der Waals surface area contributed by atoms with E-state index in [1.807, 2.05) is 0 Å². The second kappa shape index (κ2) is 5.98. The van der Waals surface area contributed by atoms with Crippen LogP contribution in [-0.2, 0) is 27.8 Å². The SMILES string of the molecule is O=C(O)/C=C/c1ccc(CS(=O)O)c(C(F)(F)F)c1. The van der Waals surface area contributed by atoms with Crippen LogP contribution in [0.15, 0.2) is 24.3 Å². The molecule has 1 unspecified atom stereocenters. The van der Waals surface area contributed by atoms with Gasteiger partial charge in [0.25, 0.3) is 0 Å². The van der Waals surface area contributed by atoms with Crippen LogP contribution in [0.1, 0.15) is 16.7 Å². The van der Waals surface area contributed by atoms with Crippen molar-refractivity contribution in [2.75, 3.05) is 0 Å². The van der Waals surface area contributed by atoms with Crippen LogP contribution in [-0.4, -0.2) is 19.8 Å². The Bertz CT molecular complexity index is 537. The largest absolute Gasteiger partial charge is 0.478 e. The monoisotopic (exact) mass is 294 g/mol. The van der Waals surface area contributed by atoms with Gasteiger partial charge in [0.1, 0.15) is 0 Å². The number of carboxylic acids is 1. The molecule has 1 atom stereocenters. The molecule has 4 nitrogen and oxygen atoms in total. The Kier molecular flexibility index (Phi) is 4.84. The first-order chi connectivity index (χ1) is 8.70. The number of carbonyl (C=O) groups is 1. The molecule has 0 fully saturated rings. The summed E-state index contributed by atoms with van der Waals surface area (Å²) in [5, 5.41) is 8.40. The highest BCUT2D eigenvalue weighted by atomic mass is 32.2. The van der Waals surface area contributed by atoms with E-state index in [-0.39, 0.29) is 11.1 Å². The predicted molar refractivity (Wildman–Crippen MR) is 62.6 cm³/mol. The molecular formula is C11H9F3O4S. The van der Waals surface area contributed by atoms with E-state index < -0.39 is 34.5 Å². The molecule has 104 valence electrons. The third-order valence-electron chi connectivity index (χ3n) is 2.14. The summed E-state index contributed by atoms with van der Waals surface area (Å²) in [6, 6.07) is 3.04. The van der Waals surface area contributed by atoms with Crippen molar-refractivity contribution >= 4 is 23.1 Å². The molecular weight excluding hydrogens is 285 g/mol. The highest BCUT2D eigenvalue weighted by molar-refractivity contribution is 7.78. The highest BCUT2D eigenvalue weighted by Crippen LogP contribution is 2.33. The maximum absolute atomic E-state index is 12.8. The van der Waals surface area contributed by atoms with Gasteiger partial charge in [0.15, 0.2) is 11.1 Å². The van der Waals surface area contributed by atoms with Crippen molar-refractivity contribution in [2.24, 2.45) is 0 Å². The standard InChI is InChI=1S/C11H9F3O4S/c12-11(13,14)9-5-7(2-4-10(15)16)1-3-8(9)6-19(17)18/h1-5H,6H2,(H,15,16)(H,17,18)/b4-2+. The molecule has 1 aromatic rings. The van der Waals surface area contributed by atoms with Crippen molar-refractivity contribution in [3.05, 3.63) is 41.0 Å². The molecule has 1 aromatic carbocycles. The molecule has 8 heteroatoms. The van der Waals surface area contributed by atoms with Crippen molar-refractivity contribution in [3.8, 4) is 0 Å². The Morgan fingerprint density at radius 1 is 1.37 bits per heavy atom. The summed E-state index contributed by atoms with van der Waals surface area (Å²) in [5.74, 6) is -1.92. The second-order valence-corrected chi connectivity index (χ2v) is 4.48. The van der Waals surface area contributed by atoms with E-state index >= 15 is 0 Å². The minimum Gasteiger partial charge on any atom is -0.478 e. The van der Waals surface area contributed by atoms with Crippen LogP contribution in [0.5, 0.6) is 0 Å². The summed E-state index contributed by atoms with van der Waals surface area (Å²) >= 11 is -2.39. The van der Waals surface area contributed by atoms with Gasteiger partial charge in [0.2, 0.25) is 0 Å². The van der Waals surface area contributed by atoms with Crippen LogP contribution in [0.2, 0.25) is 0 Å². The van der Waals surface area contributed by atoms with Gasteiger partial charge >= 0.3 is 12.1 Å². The molecule has 0 bridgehead atoms. The first kappa shape index (κ1) is 15.4. The van der Waals surface area contributed by atoms with Crippen LogP contribution >= 0.6 is 0 Å². The molecule has 0 radical (unpaired) electrons. The van der Waals surface area contributed by atoms with Crippen LogP contribution in [0, 0.1) is 0 Å². The number of alkyl halides is 3. The van der Waals surface area contributed by atoms with Gasteiger partial charge in [-0.1, -0.05) is 12.1 Å². The fourth-order valence-corrected chi connectivity index (χ4v) is 1.91. The van der Waals surface area contributed by atoms with Gasteiger partial charge in [-0.2, -0.15) is 13.2 Å². The molecule has 0 aromatic heterocycles. The van der Waals surface area contributed by atoms with Crippen molar-refractivity contribution in [1.29, 1.82) is 0 Å². The average Bonchev–Trinajstić information content (AvgIpc) is 2.25. The number of halogens is 3. The molecule has 1 rings (SSSR count). The summed E-state index contributed by atoms with van der Waals surface area (Å²) in [7, 11) is 0. The quantitative estimate of drug-likeness (QED) is 0.661. The van der Waals surface area contributed by atoms with E-state index in [9.17, 15) is 22.2 Å². The van der Waals surface area contributed by atoms with Gasteiger partial charge in [0.05, 0.1) is 11.3 Å². The Morgan fingerprint density at radius 2 is 2.00 bits per heavy atom. The molecule has 0 aliphatic carbocycles. The van der Waals surface area contributed by atoms with Gasteiger partial charge in [-0.05, 0) is 23.3 Å². The van der Waals surface area contributed by atoms with Crippen LogP contribution in [0.4, 0.5) is 13.2 Å². The number of rotatable bonds is 4. The van der Waals surface area contributed by atoms with E-state index in [4.69, 9.17) is 9.66 Å². The Morgan fingerprint density at radius 3 is 2.47 bits per heavy atom. The number of hydrogen-bond acceptors (Lipinski definition) is 2. The van der Waals surface area contributed by atoms with Gasteiger partial charge in [0, 0.05) is 6.08 Å². The zero-order valence-corrected chi connectivity index (χ0v) is 10.2. The zero-order chi connectivity index (χ0) is 14.6. The van der Waals surface area contributed by atoms with E-state index in [2.05, 4.69) is 0 Å². The first-order valence-electron chi connectivity index (χ1n) is 4.88. The summed E-state index contributed by atoms with van der Waals surface area (Å²) in [4.78, 5) is 10.3. The number of hydrogen-bond donors (Lipinski definition) is 2. The van der Waals surface area contributed by atoms with Crippen LogP contribution in [0.3, 0.4) is 0 Å². The van der Waals surface area contributed by atoms with Gasteiger partial charge in [-0.3, -0.25) is 0 Å². The number of carboxylic acid groups (broad SMARTS) is 1. The lowest BCUT2D eigenvalue weighted by atomic mass is 10.0. The molecule has 0 saturated carbocycles. The molecule has 2 N–H and O–H groups in total. The lowest BCUT2D eigenvalue weighted by Crippen LogP contribution is -2.11. The third kappa shape index (κ3) is 4.84. The molecule has 0 spiro atoms. The third-order valence-corrected chi connectivity index (χ3v) is 2.69. The minimum absolute atomic E-state index is 0.0437. The van der Waals surface area contributed by atoms with E-state index in [1.54, 1.807) is 0 Å². The van der Waals surface area contributed by atoms with Gasteiger partial charge in [-0.25, -0.2) is 9.00 Å². The Labute approximate surface area is 108 Å². The number of benzene rings is 1. The van der Waals surface area contributed by atoms with Gasteiger partial charge in [-0.15, -0.1) is 0 Å². The maximum atomic E-state index is 12.8. The average molecular weight is 294 g/mol. The van der Waals surface area contributed by atoms with Crippen LogP contribution < -0.4 is 0 Å². The predicted octanol–water partition coefficient (Wildman–Crippen LogP) is 2.52. The summed E-state index contributed by atoms with van der Waals surface area (Å²) in [6.45, 7) is 0. The molecule has 0 aliphatic rings. The summed E-state index contributed by atoms with van der Waals surface area (Å²) in [6.07, 6.45) is -2.96. The number of aliphatic carboxylic acids is 1. The summed E-state index contributed by atoms with van der Waals surface area (Å²) < 4.78 is 57.5. The van der Waals surface area contributed by atoms with E-state index in [0.717, 1.165) is 18.2 Å². The molecule has 0 heterocycles. The molecule has 0 saturated heterocycles. The normalized spacial score (nSPS) is 13.7. The fraction of sp³-hybridized carbons (Fsp3) is 0.182. The fourth-order valence-electron chi connectivity index (χ4n) is 1.39. The Hall–Kier alpha value is -1.67. The maximum Gasteiger partial charge on any atom is 0.416 e.